The molecule has 1 heterocycles. The number of benzene rings is 3. The highest BCUT2D eigenvalue weighted by molar-refractivity contribution is 8.00. The van der Waals surface area contributed by atoms with Gasteiger partial charge in [0.05, 0.1) is 31.9 Å². The molecule has 5 rings (SSSR count). The molecule has 33 heavy (non-hydrogen) atoms. The lowest BCUT2D eigenvalue weighted by Crippen LogP contribution is -2.31. The molecule has 1 aliphatic heterocycles. The first-order chi connectivity index (χ1) is 15.8. The Morgan fingerprint density at radius 2 is 1.82 bits per heavy atom. The molecule has 0 spiro atoms. The van der Waals surface area contributed by atoms with Crippen molar-refractivity contribution in [1.82, 2.24) is 0 Å². The third-order valence-corrected chi connectivity index (χ3v) is 9.03. The maximum Gasteiger partial charge on any atom is 0.282 e. The predicted molar refractivity (Wildman–Crippen MR) is 132 cm³/mol. The van der Waals surface area contributed by atoms with E-state index in [1.807, 2.05) is 6.07 Å². The van der Waals surface area contributed by atoms with Crippen LogP contribution < -0.4 is 5.32 Å². The lowest BCUT2D eigenvalue weighted by atomic mass is 9.77. The van der Waals surface area contributed by atoms with E-state index in [1.54, 1.807) is 36.4 Å². The lowest BCUT2D eigenvalue weighted by Gasteiger charge is -2.39. The van der Waals surface area contributed by atoms with E-state index in [9.17, 15) is 14.5 Å². The van der Waals surface area contributed by atoms with Crippen molar-refractivity contribution in [3.63, 3.8) is 0 Å². The van der Waals surface area contributed by atoms with Crippen LogP contribution in [0.5, 0.6) is 0 Å². The molecule has 1 aliphatic carbocycles. The number of rotatable bonds is 4. The summed E-state index contributed by atoms with van der Waals surface area (Å²) in [6.45, 7) is 0. The smallest absolute Gasteiger partial charge is 0.282 e. The molecule has 1 N–H and O–H groups in total. The van der Waals surface area contributed by atoms with Crippen LogP contribution in [0.25, 0.3) is 0 Å². The van der Waals surface area contributed by atoms with Crippen LogP contribution in [0.4, 0.5) is 15.8 Å². The molecule has 2 aliphatic rings. The fourth-order valence-electron chi connectivity index (χ4n) is 5.01. The second-order valence-electron chi connectivity index (χ2n) is 8.28. The molecule has 170 valence electrons. The summed E-state index contributed by atoms with van der Waals surface area (Å²) in [4.78, 5) is 11.7. The van der Waals surface area contributed by atoms with Gasteiger partial charge in [0.25, 0.3) is 5.69 Å². The van der Waals surface area contributed by atoms with Gasteiger partial charge < -0.3 is 5.32 Å². The summed E-state index contributed by atoms with van der Waals surface area (Å²) < 4.78 is 13.6. The number of halogens is 4. The predicted octanol–water partition coefficient (Wildman–Crippen LogP) is 8.08. The van der Waals surface area contributed by atoms with Crippen LogP contribution in [0.1, 0.15) is 29.5 Å². The second kappa shape index (κ2) is 8.99. The largest absolute Gasteiger partial charge is 0.376 e. The van der Waals surface area contributed by atoms with Crippen molar-refractivity contribution in [2.24, 2.45) is 5.92 Å². The number of anilines is 1. The minimum Gasteiger partial charge on any atom is -0.376 e. The van der Waals surface area contributed by atoms with Crippen LogP contribution in [0.2, 0.25) is 10.0 Å². The molecule has 0 unspecified atom stereocenters. The summed E-state index contributed by atoms with van der Waals surface area (Å²) in [5.41, 5.74) is 2.73. The minimum atomic E-state index is -0.370. The summed E-state index contributed by atoms with van der Waals surface area (Å²) in [6, 6.07) is 16.6. The Hall–Kier alpha value is -1.99. The van der Waals surface area contributed by atoms with Gasteiger partial charge in [-0.3, -0.25) is 10.1 Å². The van der Waals surface area contributed by atoms with Crippen molar-refractivity contribution in [1.29, 1.82) is 0 Å². The number of para-hydroxylation sites is 1. The summed E-state index contributed by atoms with van der Waals surface area (Å²) in [5, 5.41) is 15.7. The molecule has 3 aromatic carbocycles. The van der Waals surface area contributed by atoms with Gasteiger partial charge in [0.1, 0.15) is 5.82 Å². The number of nitro groups is 1. The van der Waals surface area contributed by atoms with Crippen LogP contribution in [0, 0.1) is 21.8 Å². The highest BCUT2D eigenvalue weighted by atomic mass is 35.5. The number of hydrogen-bond donors (Lipinski definition) is 1. The van der Waals surface area contributed by atoms with Crippen LogP contribution in [-0.4, -0.2) is 15.6 Å². The molecular formula is C24H18Cl3FN2O2S. The van der Waals surface area contributed by atoms with E-state index in [1.165, 1.54) is 30.0 Å². The molecule has 0 aromatic heterocycles. The maximum atomic E-state index is 13.6. The fourth-order valence-corrected chi connectivity index (χ4v) is 7.52. The van der Waals surface area contributed by atoms with Crippen LogP contribution in [0.15, 0.2) is 65.6 Å². The van der Waals surface area contributed by atoms with E-state index in [0.717, 1.165) is 16.8 Å². The number of hydrogen-bond acceptors (Lipinski definition) is 4. The third kappa shape index (κ3) is 4.18. The van der Waals surface area contributed by atoms with Gasteiger partial charge in [0, 0.05) is 22.3 Å². The molecule has 0 amide bonds. The summed E-state index contributed by atoms with van der Waals surface area (Å²) >= 11 is 21.4. The van der Waals surface area contributed by atoms with Crippen LogP contribution in [0.3, 0.4) is 0 Å². The molecule has 9 heteroatoms. The Morgan fingerprint density at radius 1 is 1.09 bits per heavy atom. The number of thioether (sulfide) groups is 1. The maximum absolute atomic E-state index is 13.6. The van der Waals surface area contributed by atoms with Gasteiger partial charge in [-0.05, 0) is 53.8 Å². The molecule has 1 saturated carbocycles. The minimum absolute atomic E-state index is 0.0697. The zero-order valence-electron chi connectivity index (χ0n) is 17.1. The Bertz CT molecular complexity index is 1230. The third-order valence-electron chi connectivity index (χ3n) is 6.41. The molecule has 0 saturated heterocycles. The average molecular weight is 524 g/mol. The van der Waals surface area contributed by atoms with Gasteiger partial charge >= 0.3 is 0 Å². The molecule has 5 atom stereocenters. The second-order valence-corrected chi connectivity index (χ2v) is 10.9. The lowest BCUT2D eigenvalue weighted by molar-refractivity contribution is -0.387. The van der Waals surface area contributed by atoms with E-state index in [2.05, 4.69) is 5.32 Å². The standard InChI is InChI=1S/C24H18Cl3FN2O2S/c25-13-9-15-21-16(11-20(22(21)27)33-19-4-2-1-3-18(19)30(31)32)23(29-24(15)17(26)10-13)12-5-7-14(28)8-6-12/h1-10,16,20-23,29H,11H2/t16-,20+,21+,22-,23+/m1/s1. The molecule has 3 aromatic rings. The van der Waals surface area contributed by atoms with E-state index in [-0.39, 0.29) is 44.9 Å². The van der Waals surface area contributed by atoms with Crippen molar-refractivity contribution >= 4 is 57.9 Å². The molecule has 0 bridgehead atoms. The van der Waals surface area contributed by atoms with Crippen molar-refractivity contribution in [2.75, 3.05) is 5.32 Å². The van der Waals surface area contributed by atoms with E-state index >= 15 is 0 Å². The average Bonchev–Trinajstić information content (AvgIpc) is 3.10. The van der Waals surface area contributed by atoms with Crippen molar-refractivity contribution in [2.45, 2.75) is 33.9 Å². The van der Waals surface area contributed by atoms with Crippen molar-refractivity contribution < 1.29 is 9.31 Å². The summed E-state index contributed by atoms with van der Waals surface area (Å²) in [6.07, 6.45) is 0.716. The Balaban J connectivity index is 1.56. The van der Waals surface area contributed by atoms with Gasteiger partial charge in [0.15, 0.2) is 0 Å². The SMILES string of the molecule is O=[N+]([O-])c1ccccc1S[C@H]1C[C@@H]2[C@H](c3cc(Cl)cc(Cl)c3N[C@H]2c2ccc(F)cc2)[C@@H]1Cl. The molecule has 0 radical (unpaired) electrons. The van der Waals surface area contributed by atoms with Gasteiger partial charge in [-0.1, -0.05) is 47.5 Å². The Morgan fingerprint density at radius 3 is 2.55 bits per heavy atom. The number of fused-ring (bicyclic) bond motifs is 3. The van der Waals surface area contributed by atoms with E-state index in [4.69, 9.17) is 34.8 Å². The number of nitro benzene ring substituents is 1. The molecule has 1 fully saturated rings. The van der Waals surface area contributed by atoms with E-state index < -0.39 is 0 Å². The fraction of sp³-hybridized carbons (Fsp3) is 0.250. The highest BCUT2D eigenvalue weighted by Gasteiger charge is 2.50. The van der Waals surface area contributed by atoms with Crippen molar-refractivity contribution in [3.05, 3.63) is 97.8 Å². The number of alkyl halides is 1. The number of nitrogens with zero attached hydrogens (tertiary/aromatic N) is 1. The first kappa shape index (κ1) is 22.8. The van der Waals surface area contributed by atoms with Crippen LogP contribution in [-0.2, 0) is 0 Å². The van der Waals surface area contributed by atoms with Gasteiger partial charge in [-0.2, -0.15) is 0 Å². The quantitative estimate of drug-likeness (QED) is 0.213. The normalized spacial score (nSPS) is 25.8. The zero-order valence-corrected chi connectivity index (χ0v) is 20.1. The van der Waals surface area contributed by atoms with Gasteiger partial charge in [-0.15, -0.1) is 23.4 Å². The number of nitrogens with one attached hydrogen (secondary N) is 1. The zero-order chi connectivity index (χ0) is 23.3. The highest BCUT2D eigenvalue weighted by Crippen LogP contribution is 2.59. The van der Waals surface area contributed by atoms with Gasteiger partial charge in [0.2, 0.25) is 0 Å². The summed E-state index contributed by atoms with van der Waals surface area (Å²) in [5.74, 6) is -0.308. The van der Waals surface area contributed by atoms with Crippen LogP contribution >= 0.6 is 46.6 Å². The first-order valence-electron chi connectivity index (χ1n) is 10.4. The first-order valence-corrected chi connectivity index (χ1v) is 12.5. The monoisotopic (exact) mass is 522 g/mol. The Kier molecular flexibility index (Phi) is 6.21. The summed E-state index contributed by atoms with van der Waals surface area (Å²) in [7, 11) is 0. The van der Waals surface area contributed by atoms with Gasteiger partial charge in [-0.25, -0.2) is 4.39 Å². The van der Waals surface area contributed by atoms with E-state index in [0.29, 0.717) is 21.4 Å². The Labute approximate surface area is 209 Å². The molecule has 4 nitrogen and oxygen atoms in total. The molecular weight excluding hydrogens is 506 g/mol. The van der Waals surface area contributed by atoms with Crippen molar-refractivity contribution in [3.8, 4) is 0 Å². The topological polar surface area (TPSA) is 55.2 Å².